The lowest BCUT2D eigenvalue weighted by atomic mass is 10.1. The van der Waals surface area contributed by atoms with Gasteiger partial charge in [-0.25, -0.2) is 4.39 Å². The fraction of sp³-hybridized carbons (Fsp3) is 0.500. The second kappa shape index (κ2) is 7.40. The van der Waals surface area contributed by atoms with Gasteiger partial charge in [-0.3, -0.25) is 14.5 Å². The molecule has 6 nitrogen and oxygen atoms in total. The minimum absolute atomic E-state index is 0.0293. The Morgan fingerprint density at radius 2 is 2.04 bits per heavy atom. The molecule has 0 radical (unpaired) electrons. The largest absolute Gasteiger partial charge is 0.459 e. The normalized spacial score (nSPS) is 25.7. The Morgan fingerprint density at radius 3 is 2.68 bits per heavy atom. The fourth-order valence-electron chi connectivity index (χ4n) is 4.14. The summed E-state index contributed by atoms with van der Waals surface area (Å²) in [5.74, 6) is 0.117. The summed E-state index contributed by atoms with van der Waals surface area (Å²) in [7, 11) is 0. The number of nitrogens with zero attached hydrogens (tertiary/aromatic N) is 2. The average molecular weight is 406 g/mol. The lowest BCUT2D eigenvalue weighted by molar-refractivity contribution is -0.00542. The minimum Gasteiger partial charge on any atom is -0.459 e. The number of ether oxygens (including phenoxy) is 1. The molecule has 8 heteroatoms. The summed E-state index contributed by atoms with van der Waals surface area (Å²) in [6, 6.07) is 1.66. The van der Waals surface area contributed by atoms with Crippen molar-refractivity contribution in [3.8, 4) is 0 Å². The van der Waals surface area contributed by atoms with Crippen molar-refractivity contribution in [1.82, 2.24) is 0 Å². The number of hydrogen-bond acceptors (Lipinski definition) is 6. The number of morpholine rings is 1. The van der Waals surface area contributed by atoms with E-state index in [2.05, 4.69) is 0 Å². The van der Waals surface area contributed by atoms with E-state index < -0.39 is 5.82 Å². The van der Waals surface area contributed by atoms with Gasteiger partial charge in [0.05, 0.1) is 23.6 Å². The Balaban J connectivity index is 1.84. The maximum Gasteiger partial charge on any atom is 0.286 e. The molecule has 28 heavy (non-hydrogen) atoms. The molecule has 0 aliphatic carbocycles. The Bertz CT molecular complexity index is 921. The number of halogens is 1. The van der Waals surface area contributed by atoms with Crippen LogP contribution in [0.5, 0.6) is 0 Å². The van der Waals surface area contributed by atoms with E-state index in [1.807, 2.05) is 25.7 Å². The number of benzene rings is 1. The van der Waals surface area contributed by atoms with Crippen LogP contribution in [0, 0.1) is 5.82 Å². The van der Waals surface area contributed by atoms with E-state index in [1.165, 1.54) is 18.0 Å². The molecular formula is C20H23FN2O4S. The van der Waals surface area contributed by atoms with Crippen molar-refractivity contribution in [3.63, 3.8) is 0 Å². The molecule has 2 aliphatic heterocycles. The van der Waals surface area contributed by atoms with Crippen LogP contribution in [0.15, 0.2) is 16.7 Å². The molecule has 0 saturated carbocycles. The van der Waals surface area contributed by atoms with Crippen LogP contribution in [-0.2, 0) is 4.74 Å². The van der Waals surface area contributed by atoms with Crippen LogP contribution in [0.25, 0.3) is 11.0 Å². The first-order chi connectivity index (χ1) is 13.4. The van der Waals surface area contributed by atoms with Gasteiger partial charge in [-0.1, -0.05) is 18.7 Å². The molecule has 3 heterocycles. The molecule has 0 bridgehead atoms. The van der Waals surface area contributed by atoms with Crippen molar-refractivity contribution in [2.24, 2.45) is 0 Å². The Hall–Kier alpha value is -2.06. The number of rotatable bonds is 4. The zero-order valence-electron chi connectivity index (χ0n) is 16.1. The highest BCUT2D eigenvalue weighted by atomic mass is 32.2. The van der Waals surface area contributed by atoms with Gasteiger partial charge < -0.3 is 14.1 Å². The maximum atomic E-state index is 15.5. The number of fused-ring (bicyclic) bond motifs is 1. The zero-order valence-corrected chi connectivity index (χ0v) is 16.9. The van der Waals surface area contributed by atoms with Crippen molar-refractivity contribution >= 4 is 45.6 Å². The van der Waals surface area contributed by atoms with E-state index >= 15 is 4.39 Å². The smallest absolute Gasteiger partial charge is 0.286 e. The van der Waals surface area contributed by atoms with Crippen molar-refractivity contribution in [1.29, 1.82) is 0 Å². The quantitative estimate of drug-likeness (QED) is 0.699. The molecular weight excluding hydrogens is 383 g/mol. The summed E-state index contributed by atoms with van der Waals surface area (Å²) in [4.78, 5) is 27.7. The number of amides is 1. The van der Waals surface area contributed by atoms with Crippen molar-refractivity contribution in [3.05, 3.63) is 23.7 Å². The van der Waals surface area contributed by atoms with Gasteiger partial charge in [0.2, 0.25) is 0 Å². The lowest BCUT2D eigenvalue weighted by Crippen LogP contribution is -2.46. The summed E-state index contributed by atoms with van der Waals surface area (Å²) >= 11 is 1.25. The molecule has 0 N–H and O–H groups in total. The summed E-state index contributed by atoms with van der Waals surface area (Å²) in [5.41, 5.74) is 1.08. The van der Waals surface area contributed by atoms with Crippen LogP contribution < -0.4 is 9.80 Å². The SMILES string of the molecule is CC[C@@H]1CSC(=O)N1c1coc2c(F)c(N3C[C@@H](C)O[C@H](C)C3)c(C=O)cc12. The van der Waals surface area contributed by atoms with E-state index in [1.54, 1.807) is 11.0 Å². The number of aldehydes is 1. The maximum absolute atomic E-state index is 15.5. The highest BCUT2D eigenvalue weighted by molar-refractivity contribution is 8.14. The van der Waals surface area contributed by atoms with Gasteiger partial charge in [0.15, 0.2) is 17.7 Å². The van der Waals surface area contributed by atoms with E-state index in [4.69, 9.17) is 9.15 Å². The van der Waals surface area contributed by atoms with E-state index in [0.29, 0.717) is 36.2 Å². The van der Waals surface area contributed by atoms with Crippen LogP contribution >= 0.6 is 11.8 Å². The first-order valence-electron chi connectivity index (χ1n) is 9.49. The standard InChI is InChI=1S/C20H23FN2O4S/c1-4-14-10-28-20(25)23(14)16-9-26-19-15(16)5-13(8-24)18(17(19)21)22-6-11(2)27-12(3)7-22/h5,8-9,11-12,14H,4,6-7,10H2,1-3H3/t11-,12-,14-/m1/s1. The van der Waals surface area contributed by atoms with Crippen molar-refractivity contribution in [2.75, 3.05) is 28.6 Å². The summed E-state index contributed by atoms with van der Waals surface area (Å²) < 4.78 is 26.8. The van der Waals surface area contributed by atoms with Gasteiger partial charge in [0, 0.05) is 35.8 Å². The molecule has 1 aromatic carbocycles. The predicted molar refractivity (Wildman–Crippen MR) is 108 cm³/mol. The fourth-order valence-corrected chi connectivity index (χ4v) is 5.25. The van der Waals surface area contributed by atoms with Gasteiger partial charge in [0.25, 0.3) is 5.24 Å². The second-order valence-electron chi connectivity index (χ2n) is 7.42. The lowest BCUT2D eigenvalue weighted by Gasteiger charge is -2.37. The van der Waals surface area contributed by atoms with Crippen LogP contribution in [0.1, 0.15) is 37.6 Å². The molecule has 4 rings (SSSR count). The van der Waals surface area contributed by atoms with Crippen molar-refractivity contribution in [2.45, 2.75) is 45.4 Å². The minimum atomic E-state index is -0.570. The van der Waals surface area contributed by atoms with Gasteiger partial charge in [0.1, 0.15) is 6.26 Å². The molecule has 3 atom stereocenters. The van der Waals surface area contributed by atoms with Crippen LogP contribution in [-0.4, -0.2) is 48.6 Å². The topological polar surface area (TPSA) is 63.0 Å². The molecule has 1 amide bonds. The van der Waals surface area contributed by atoms with E-state index in [-0.39, 0.29) is 40.3 Å². The van der Waals surface area contributed by atoms with Crippen LogP contribution in [0.4, 0.5) is 20.6 Å². The molecule has 2 aliphatic rings. The second-order valence-corrected chi connectivity index (χ2v) is 8.39. The number of carbonyl (C=O) groups is 2. The van der Waals surface area contributed by atoms with Gasteiger partial charge in [-0.05, 0) is 26.3 Å². The number of thioether (sulfide) groups is 1. The first-order valence-corrected chi connectivity index (χ1v) is 10.5. The van der Waals surface area contributed by atoms with Crippen LogP contribution in [0.3, 0.4) is 0 Å². The third kappa shape index (κ3) is 3.08. The van der Waals surface area contributed by atoms with E-state index in [0.717, 1.165) is 6.42 Å². The third-order valence-electron chi connectivity index (χ3n) is 5.34. The molecule has 2 fully saturated rings. The number of hydrogen-bond donors (Lipinski definition) is 0. The monoisotopic (exact) mass is 406 g/mol. The van der Waals surface area contributed by atoms with Crippen LogP contribution in [0.2, 0.25) is 0 Å². The Kier molecular flexibility index (Phi) is 5.09. The molecule has 1 aromatic heterocycles. The molecule has 0 spiro atoms. The summed E-state index contributed by atoms with van der Waals surface area (Å²) in [6.07, 6.45) is 2.72. The molecule has 2 saturated heterocycles. The van der Waals surface area contributed by atoms with Gasteiger partial charge in [-0.2, -0.15) is 0 Å². The first kappa shape index (κ1) is 19.3. The Labute approximate surface area is 167 Å². The van der Waals surface area contributed by atoms with Gasteiger partial charge >= 0.3 is 0 Å². The summed E-state index contributed by atoms with van der Waals surface area (Å²) in [5, 5.41) is 0.370. The summed E-state index contributed by atoms with van der Waals surface area (Å²) in [6.45, 7) is 6.83. The molecule has 0 unspecified atom stereocenters. The van der Waals surface area contributed by atoms with Gasteiger partial charge in [-0.15, -0.1) is 0 Å². The molecule has 2 aromatic rings. The van der Waals surface area contributed by atoms with Crippen molar-refractivity contribution < 1.29 is 23.1 Å². The third-order valence-corrected chi connectivity index (χ3v) is 6.34. The number of furan rings is 1. The Morgan fingerprint density at radius 1 is 1.32 bits per heavy atom. The highest BCUT2D eigenvalue weighted by Gasteiger charge is 2.35. The zero-order chi connectivity index (χ0) is 20.0. The number of carbonyl (C=O) groups excluding carboxylic acids is 2. The predicted octanol–water partition coefficient (Wildman–Crippen LogP) is 4.45. The highest BCUT2D eigenvalue weighted by Crippen LogP contribution is 2.41. The number of anilines is 2. The molecule has 150 valence electrons. The van der Waals surface area contributed by atoms with E-state index in [9.17, 15) is 9.59 Å². The average Bonchev–Trinajstić information content (AvgIpc) is 3.23.